The van der Waals surface area contributed by atoms with Crippen LogP contribution in [0.15, 0.2) is 77.1 Å². The summed E-state index contributed by atoms with van der Waals surface area (Å²) in [5.41, 5.74) is 4.05. The normalized spacial score (nSPS) is 21.2. The number of ether oxygens (including phenoxy) is 1. The maximum Gasteiger partial charge on any atom is 0.336 e. The molecular weight excluding hydrogens is 381 g/mol. The van der Waals surface area contributed by atoms with Crippen molar-refractivity contribution in [3.05, 3.63) is 94.1 Å². The van der Waals surface area contributed by atoms with Gasteiger partial charge in [0, 0.05) is 29.3 Å². The molecule has 30 heavy (non-hydrogen) atoms. The van der Waals surface area contributed by atoms with Crippen LogP contribution in [0.3, 0.4) is 0 Å². The third-order valence-electron chi connectivity index (χ3n) is 5.78. The number of dihydropyridines is 1. The van der Waals surface area contributed by atoms with Gasteiger partial charge in [0.15, 0.2) is 5.78 Å². The third kappa shape index (κ3) is 3.67. The van der Waals surface area contributed by atoms with Crippen molar-refractivity contribution >= 4 is 11.8 Å². The van der Waals surface area contributed by atoms with Crippen molar-refractivity contribution in [1.82, 2.24) is 5.32 Å². The molecule has 154 valence electrons. The second-order valence-corrected chi connectivity index (χ2v) is 7.70. The van der Waals surface area contributed by atoms with Crippen LogP contribution in [-0.4, -0.2) is 18.4 Å². The van der Waals surface area contributed by atoms with E-state index in [1.165, 1.54) is 12.1 Å². The van der Waals surface area contributed by atoms with Gasteiger partial charge in [0.2, 0.25) is 0 Å². The van der Waals surface area contributed by atoms with Crippen molar-refractivity contribution in [2.75, 3.05) is 6.61 Å². The Balaban J connectivity index is 1.81. The van der Waals surface area contributed by atoms with E-state index in [0.717, 1.165) is 11.3 Å². The van der Waals surface area contributed by atoms with Crippen molar-refractivity contribution in [2.24, 2.45) is 0 Å². The van der Waals surface area contributed by atoms with Gasteiger partial charge in [-0.05, 0) is 49.4 Å². The molecule has 0 saturated heterocycles. The molecule has 1 aliphatic heterocycles. The fourth-order valence-corrected chi connectivity index (χ4v) is 4.50. The molecule has 1 N–H and O–H groups in total. The van der Waals surface area contributed by atoms with Crippen molar-refractivity contribution < 1.29 is 18.7 Å². The van der Waals surface area contributed by atoms with Crippen LogP contribution in [0.5, 0.6) is 0 Å². The Morgan fingerprint density at radius 1 is 1.10 bits per heavy atom. The Kier molecular flexibility index (Phi) is 5.53. The summed E-state index contributed by atoms with van der Waals surface area (Å²) in [7, 11) is 0. The lowest BCUT2D eigenvalue weighted by Gasteiger charge is -2.36. The predicted molar refractivity (Wildman–Crippen MR) is 112 cm³/mol. The zero-order valence-corrected chi connectivity index (χ0v) is 17.1. The summed E-state index contributed by atoms with van der Waals surface area (Å²) in [6.07, 6.45) is 1.01. The molecule has 0 fully saturated rings. The zero-order valence-electron chi connectivity index (χ0n) is 17.1. The standard InChI is InChI=1S/C25H24FNO3/c1-3-30-25(29)22-15(2)27-20-13-18(16-8-5-4-6-9-16)14-21(28)24(20)23(22)17-10-7-11-19(26)12-17/h4-12,18,23,27H,3,13-14H2,1-2H3/t18-,23-/m0/s1. The van der Waals surface area contributed by atoms with E-state index in [9.17, 15) is 14.0 Å². The molecule has 4 nitrogen and oxygen atoms in total. The van der Waals surface area contributed by atoms with Gasteiger partial charge in [0.25, 0.3) is 0 Å². The highest BCUT2D eigenvalue weighted by atomic mass is 19.1. The van der Waals surface area contributed by atoms with Crippen LogP contribution in [0.1, 0.15) is 49.7 Å². The first kappa shape index (κ1) is 20.1. The van der Waals surface area contributed by atoms with Crippen molar-refractivity contribution in [1.29, 1.82) is 0 Å². The fraction of sp³-hybridized carbons (Fsp3) is 0.280. The van der Waals surface area contributed by atoms with Gasteiger partial charge in [-0.3, -0.25) is 4.79 Å². The van der Waals surface area contributed by atoms with Crippen LogP contribution < -0.4 is 5.32 Å². The van der Waals surface area contributed by atoms with Gasteiger partial charge in [-0.15, -0.1) is 0 Å². The van der Waals surface area contributed by atoms with Crippen molar-refractivity contribution in [2.45, 2.75) is 38.5 Å². The summed E-state index contributed by atoms with van der Waals surface area (Å²) in [4.78, 5) is 26.1. The van der Waals surface area contributed by atoms with Crippen LogP contribution in [-0.2, 0) is 14.3 Å². The number of allylic oxidation sites excluding steroid dienone is 3. The Bertz CT molecular complexity index is 1060. The number of hydrogen-bond donors (Lipinski definition) is 1. The number of esters is 1. The summed E-state index contributed by atoms with van der Waals surface area (Å²) in [5, 5.41) is 3.30. The zero-order chi connectivity index (χ0) is 21.3. The SMILES string of the molecule is CCOC(=O)C1=C(C)NC2=C(C(=O)C[C@@H](c3ccccc3)C2)[C@H]1c1cccc(F)c1. The van der Waals surface area contributed by atoms with Crippen LogP contribution in [0.2, 0.25) is 0 Å². The first-order valence-corrected chi connectivity index (χ1v) is 10.2. The number of carbonyl (C=O) groups is 2. The van der Waals surface area contributed by atoms with E-state index in [1.54, 1.807) is 26.0 Å². The summed E-state index contributed by atoms with van der Waals surface area (Å²) >= 11 is 0. The maximum absolute atomic E-state index is 14.1. The van der Waals surface area contributed by atoms with Gasteiger partial charge in [0.05, 0.1) is 12.2 Å². The average Bonchev–Trinajstić information content (AvgIpc) is 2.73. The summed E-state index contributed by atoms with van der Waals surface area (Å²) < 4.78 is 19.3. The van der Waals surface area contributed by atoms with Gasteiger partial charge < -0.3 is 10.1 Å². The highest BCUT2D eigenvalue weighted by molar-refractivity contribution is 6.04. The van der Waals surface area contributed by atoms with Crippen LogP contribution in [0.25, 0.3) is 0 Å². The van der Waals surface area contributed by atoms with Crippen LogP contribution in [0.4, 0.5) is 4.39 Å². The molecule has 0 saturated carbocycles. The van der Waals surface area contributed by atoms with E-state index in [0.29, 0.717) is 35.2 Å². The Hall–Kier alpha value is -3.21. The van der Waals surface area contributed by atoms with E-state index in [2.05, 4.69) is 5.32 Å². The quantitative estimate of drug-likeness (QED) is 0.746. The minimum atomic E-state index is -0.639. The lowest BCUT2D eigenvalue weighted by molar-refractivity contribution is -0.138. The van der Waals surface area contributed by atoms with Gasteiger partial charge >= 0.3 is 5.97 Å². The second-order valence-electron chi connectivity index (χ2n) is 7.70. The van der Waals surface area contributed by atoms with Gasteiger partial charge in [-0.2, -0.15) is 0 Å². The fourth-order valence-electron chi connectivity index (χ4n) is 4.50. The topological polar surface area (TPSA) is 55.4 Å². The minimum absolute atomic E-state index is 0.0267. The summed E-state index contributed by atoms with van der Waals surface area (Å²) in [5.74, 6) is -1.49. The third-order valence-corrected chi connectivity index (χ3v) is 5.78. The number of halogens is 1. The van der Waals surface area contributed by atoms with E-state index in [1.807, 2.05) is 30.3 Å². The molecular formula is C25H24FNO3. The maximum atomic E-state index is 14.1. The summed E-state index contributed by atoms with van der Waals surface area (Å²) in [6.45, 7) is 3.77. The molecule has 1 aliphatic carbocycles. The summed E-state index contributed by atoms with van der Waals surface area (Å²) in [6, 6.07) is 16.1. The van der Waals surface area contributed by atoms with Gasteiger partial charge in [-0.1, -0.05) is 42.5 Å². The van der Waals surface area contributed by atoms with Gasteiger partial charge in [0.1, 0.15) is 5.82 Å². The van der Waals surface area contributed by atoms with Gasteiger partial charge in [-0.25, -0.2) is 9.18 Å². The lowest BCUT2D eigenvalue weighted by Crippen LogP contribution is -2.36. The van der Waals surface area contributed by atoms with E-state index in [4.69, 9.17) is 4.74 Å². The van der Waals surface area contributed by atoms with E-state index < -0.39 is 17.7 Å². The molecule has 0 bridgehead atoms. The molecule has 2 atom stereocenters. The van der Waals surface area contributed by atoms with E-state index >= 15 is 0 Å². The number of ketones is 1. The predicted octanol–water partition coefficient (Wildman–Crippen LogP) is 4.75. The molecule has 4 rings (SSSR count). The smallest absolute Gasteiger partial charge is 0.336 e. The largest absolute Gasteiger partial charge is 0.463 e. The lowest BCUT2D eigenvalue weighted by atomic mass is 9.72. The van der Waals surface area contributed by atoms with Crippen LogP contribution >= 0.6 is 0 Å². The molecule has 2 aliphatic rings. The molecule has 0 amide bonds. The second kappa shape index (κ2) is 8.27. The molecule has 0 spiro atoms. The first-order valence-electron chi connectivity index (χ1n) is 10.2. The number of carbonyl (C=O) groups excluding carboxylic acids is 2. The average molecular weight is 405 g/mol. The molecule has 5 heteroatoms. The molecule has 2 aromatic rings. The molecule has 0 radical (unpaired) electrons. The van der Waals surface area contributed by atoms with Crippen molar-refractivity contribution in [3.63, 3.8) is 0 Å². The number of hydrogen-bond acceptors (Lipinski definition) is 4. The van der Waals surface area contributed by atoms with Crippen LogP contribution in [0, 0.1) is 5.82 Å². The Morgan fingerprint density at radius 2 is 1.83 bits per heavy atom. The number of rotatable bonds is 4. The highest BCUT2D eigenvalue weighted by Crippen LogP contribution is 2.45. The number of Topliss-reactive ketones (excluding diaryl/α,β-unsaturated/α-hetero) is 1. The highest BCUT2D eigenvalue weighted by Gasteiger charge is 2.41. The minimum Gasteiger partial charge on any atom is -0.463 e. The molecule has 1 heterocycles. The first-order chi connectivity index (χ1) is 14.5. The molecule has 0 unspecified atom stereocenters. The van der Waals surface area contributed by atoms with Crippen molar-refractivity contribution in [3.8, 4) is 0 Å². The Labute approximate surface area is 175 Å². The molecule has 2 aromatic carbocycles. The number of benzene rings is 2. The Morgan fingerprint density at radius 3 is 2.53 bits per heavy atom. The number of nitrogens with one attached hydrogen (secondary N) is 1. The molecule has 0 aromatic heterocycles. The van der Waals surface area contributed by atoms with E-state index in [-0.39, 0.29) is 18.3 Å². The monoisotopic (exact) mass is 405 g/mol.